The van der Waals surface area contributed by atoms with Crippen LogP contribution in [0.25, 0.3) is 39.3 Å². The minimum absolute atomic E-state index is 0.346. The van der Waals surface area contributed by atoms with Crippen molar-refractivity contribution in [2.24, 2.45) is 0 Å². The molecule has 0 N–H and O–H groups in total. The maximum atomic E-state index is 4.77. The fraction of sp³-hybridized carbons (Fsp3) is 0.182. The Morgan fingerprint density at radius 2 is 1.14 bits per heavy atom. The second-order valence-corrected chi connectivity index (χ2v) is 9.70. The molecule has 1 heterocycles. The molecular weight excluding hydrogens is 424 g/mol. The standard InChI is InChI=1S/C33H32N2/c1-23(2)29-19-20-30(27-17-15-26(16-18-27)25-11-7-5-8-12-25)31(24(3)4)32(29)35-22-21-34-33(35)28-13-9-6-10-14-28/h5-24H,1-4H3. The summed E-state index contributed by atoms with van der Waals surface area (Å²) in [4.78, 5) is 4.77. The van der Waals surface area contributed by atoms with Crippen LogP contribution in [0.4, 0.5) is 0 Å². The molecule has 1 aromatic heterocycles. The molecule has 35 heavy (non-hydrogen) atoms. The molecule has 0 amide bonds. The third-order valence-corrected chi connectivity index (χ3v) is 6.66. The molecule has 0 spiro atoms. The zero-order chi connectivity index (χ0) is 24.4. The molecule has 0 unspecified atom stereocenters. The van der Waals surface area contributed by atoms with E-state index >= 15 is 0 Å². The Kier molecular flexibility index (Phi) is 6.37. The van der Waals surface area contributed by atoms with Gasteiger partial charge in [-0.05, 0) is 45.2 Å². The first-order valence-electron chi connectivity index (χ1n) is 12.5. The van der Waals surface area contributed by atoms with Crippen molar-refractivity contribution in [3.05, 3.63) is 121 Å². The van der Waals surface area contributed by atoms with Gasteiger partial charge in [-0.3, -0.25) is 4.57 Å². The van der Waals surface area contributed by atoms with Gasteiger partial charge in [0.25, 0.3) is 0 Å². The molecule has 5 aromatic rings. The van der Waals surface area contributed by atoms with Gasteiger partial charge in [0.1, 0.15) is 5.82 Å². The minimum atomic E-state index is 0.346. The highest BCUT2D eigenvalue weighted by atomic mass is 15.1. The normalized spacial score (nSPS) is 11.4. The van der Waals surface area contributed by atoms with Gasteiger partial charge in [0.2, 0.25) is 0 Å². The van der Waals surface area contributed by atoms with E-state index in [0.29, 0.717) is 11.8 Å². The number of rotatable bonds is 6. The molecule has 174 valence electrons. The monoisotopic (exact) mass is 456 g/mol. The van der Waals surface area contributed by atoms with Gasteiger partial charge in [0.15, 0.2) is 0 Å². The van der Waals surface area contributed by atoms with Gasteiger partial charge < -0.3 is 0 Å². The van der Waals surface area contributed by atoms with Crippen LogP contribution in [0, 0.1) is 0 Å². The van der Waals surface area contributed by atoms with E-state index in [1.54, 1.807) is 0 Å². The van der Waals surface area contributed by atoms with Crippen LogP contribution in [0.5, 0.6) is 0 Å². The lowest BCUT2D eigenvalue weighted by molar-refractivity contribution is 0.808. The largest absolute Gasteiger partial charge is 0.299 e. The summed E-state index contributed by atoms with van der Waals surface area (Å²) in [6.07, 6.45) is 4.02. The SMILES string of the molecule is CC(C)c1ccc(-c2ccc(-c3ccccc3)cc2)c(C(C)C)c1-n1ccnc1-c1ccccc1. The number of aromatic nitrogens is 2. The zero-order valence-electron chi connectivity index (χ0n) is 20.9. The van der Waals surface area contributed by atoms with E-state index < -0.39 is 0 Å². The fourth-order valence-corrected chi connectivity index (χ4v) is 4.95. The smallest absolute Gasteiger partial charge is 0.144 e. The van der Waals surface area contributed by atoms with Crippen molar-refractivity contribution in [3.63, 3.8) is 0 Å². The van der Waals surface area contributed by atoms with E-state index in [4.69, 9.17) is 4.98 Å². The Balaban J connectivity index is 1.70. The lowest BCUT2D eigenvalue weighted by Crippen LogP contribution is -2.09. The highest BCUT2D eigenvalue weighted by Crippen LogP contribution is 2.40. The van der Waals surface area contributed by atoms with Gasteiger partial charge in [0.05, 0.1) is 5.69 Å². The molecule has 2 heteroatoms. The molecule has 4 aromatic carbocycles. The maximum absolute atomic E-state index is 4.77. The highest BCUT2D eigenvalue weighted by molar-refractivity contribution is 5.77. The Labute approximate surface area is 208 Å². The number of hydrogen-bond acceptors (Lipinski definition) is 1. The van der Waals surface area contributed by atoms with Crippen LogP contribution in [-0.2, 0) is 0 Å². The van der Waals surface area contributed by atoms with Crippen molar-refractivity contribution in [1.82, 2.24) is 9.55 Å². The topological polar surface area (TPSA) is 17.8 Å². The van der Waals surface area contributed by atoms with E-state index in [1.807, 2.05) is 6.20 Å². The Morgan fingerprint density at radius 1 is 0.571 bits per heavy atom. The number of hydrogen-bond donors (Lipinski definition) is 0. The lowest BCUT2D eigenvalue weighted by Gasteiger charge is -2.25. The molecule has 0 saturated carbocycles. The molecule has 0 atom stereocenters. The van der Waals surface area contributed by atoms with E-state index in [1.165, 1.54) is 39.1 Å². The van der Waals surface area contributed by atoms with Crippen LogP contribution < -0.4 is 0 Å². The summed E-state index contributed by atoms with van der Waals surface area (Å²) in [7, 11) is 0. The average molecular weight is 457 g/mol. The second-order valence-electron chi connectivity index (χ2n) is 9.70. The Morgan fingerprint density at radius 3 is 1.74 bits per heavy atom. The van der Waals surface area contributed by atoms with Crippen molar-refractivity contribution in [3.8, 4) is 39.3 Å². The van der Waals surface area contributed by atoms with Gasteiger partial charge in [-0.2, -0.15) is 0 Å². The van der Waals surface area contributed by atoms with E-state index in [0.717, 1.165) is 11.4 Å². The summed E-state index contributed by atoms with van der Waals surface area (Å²) in [5.74, 6) is 1.72. The quantitative estimate of drug-likeness (QED) is 0.249. The van der Waals surface area contributed by atoms with Crippen LogP contribution in [0.15, 0.2) is 109 Å². The van der Waals surface area contributed by atoms with Crippen molar-refractivity contribution in [2.75, 3.05) is 0 Å². The molecule has 0 aliphatic carbocycles. The van der Waals surface area contributed by atoms with E-state index in [-0.39, 0.29) is 0 Å². The molecule has 5 rings (SSSR count). The molecule has 0 fully saturated rings. The van der Waals surface area contributed by atoms with Gasteiger partial charge in [-0.25, -0.2) is 4.98 Å². The summed E-state index contributed by atoms with van der Waals surface area (Å²) in [6, 6.07) is 34.6. The molecule has 2 nitrogen and oxygen atoms in total. The second kappa shape index (κ2) is 9.76. The number of imidazole rings is 1. The van der Waals surface area contributed by atoms with Crippen molar-refractivity contribution >= 4 is 0 Å². The predicted molar refractivity (Wildman–Crippen MR) is 148 cm³/mol. The average Bonchev–Trinajstić information content (AvgIpc) is 3.38. The summed E-state index contributed by atoms with van der Waals surface area (Å²) in [5.41, 5.74) is 10.1. The van der Waals surface area contributed by atoms with Crippen molar-refractivity contribution < 1.29 is 0 Å². The third kappa shape index (κ3) is 4.44. The molecule has 0 aliphatic heterocycles. The van der Waals surface area contributed by atoms with Gasteiger partial charge in [-0.1, -0.05) is 125 Å². The minimum Gasteiger partial charge on any atom is -0.299 e. The van der Waals surface area contributed by atoms with Crippen LogP contribution in [0.2, 0.25) is 0 Å². The molecule has 0 saturated heterocycles. The van der Waals surface area contributed by atoms with E-state index in [9.17, 15) is 0 Å². The predicted octanol–water partition coefficient (Wildman–Crippen LogP) is 9.12. The summed E-state index contributed by atoms with van der Waals surface area (Å²) in [5, 5.41) is 0. The molecule has 0 radical (unpaired) electrons. The van der Waals surface area contributed by atoms with E-state index in [2.05, 4.69) is 136 Å². The first kappa shape index (κ1) is 22.9. The highest BCUT2D eigenvalue weighted by Gasteiger charge is 2.22. The fourth-order valence-electron chi connectivity index (χ4n) is 4.95. The first-order valence-corrected chi connectivity index (χ1v) is 12.5. The first-order chi connectivity index (χ1) is 17.0. The number of benzene rings is 4. The van der Waals surface area contributed by atoms with Crippen molar-refractivity contribution in [2.45, 2.75) is 39.5 Å². The van der Waals surface area contributed by atoms with Gasteiger partial charge in [-0.15, -0.1) is 0 Å². The maximum Gasteiger partial charge on any atom is 0.144 e. The Bertz CT molecular complexity index is 1410. The van der Waals surface area contributed by atoms with Crippen LogP contribution >= 0.6 is 0 Å². The summed E-state index contributed by atoms with van der Waals surface area (Å²) in [6.45, 7) is 9.14. The van der Waals surface area contributed by atoms with Crippen LogP contribution in [0.3, 0.4) is 0 Å². The number of nitrogens with zero attached hydrogens (tertiary/aromatic N) is 2. The summed E-state index contributed by atoms with van der Waals surface area (Å²) >= 11 is 0. The van der Waals surface area contributed by atoms with Crippen LogP contribution in [-0.4, -0.2) is 9.55 Å². The Hall–Kier alpha value is -3.91. The lowest BCUT2D eigenvalue weighted by atomic mass is 9.85. The molecule has 0 bridgehead atoms. The van der Waals surface area contributed by atoms with Gasteiger partial charge >= 0.3 is 0 Å². The zero-order valence-corrected chi connectivity index (χ0v) is 20.9. The van der Waals surface area contributed by atoms with Crippen molar-refractivity contribution in [1.29, 1.82) is 0 Å². The molecular formula is C33H32N2. The molecule has 0 aliphatic rings. The third-order valence-electron chi connectivity index (χ3n) is 6.66. The summed E-state index contributed by atoms with van der Waals surface area (Å²) < 4.78 is 2.29. The van der Waals surface area contributed by atoms with Gasteiger partial charge in [0, 0.05) is 18.0 Å². The van der Waals surface area contributed by atoms with Crippen LogP contribution in [0.1, 0.15) is 50.7 Å².